The highest BCUT2D eigenvalue weighted by atomic mass is 32.2. The molecule has 0 aliphatic rings. The zero-order valence-corrected chi connectivity index (χ0v) is 17.2. The molecule has 9 heteroatoms. The van der Waals surface area contributed by atoms with E-state index in [0.717, 1.165) is 4.31 Å². The number of aromatic nitrogens is 1. The lowest BCUT2D eigenvalue weighted by Crippen LogP contribution is -2.32. The molecule has 1 atom stereocenters. The van der Waals surface area contributed by atoms with E-state index in [1.807, 2.05) is 0 Å². The zero-order valence-electron chi connectivity index (χ0n) is 15.6. The van der Waals surface area contributed by atoms with Crippen LogP contribution in [0.25, 0.3) is 0 Å². The molecule has 0 aliphatic heterocycles. The number of nitrogens with zero attached hydrogens (tertiary/aromatic N) is 3. The van der Waals surface area contributed by atoms with Gasteiger partial charge in [0, 0.05) is 33.9 Å². The zero-order chi connectivity index (χ0) is 20.2. The van der Waals surface area contributed by atoms with Crippen LogP contribution in [0.3, 0.4) is 0 Å². The summed E-state index contributed by atoms with van der Waals surface area (Å²) in [6.07, 6.45) is 1.28. The summed E-state index contributed by atoms with van der Waals surface area (Å²) in [6, 6.07) is 9.17. The SMILES string of the molecule is C[C@H](Sc1ccc(S(=O)(=O)N(C)C)cn1)C(=O)N(C)Cc1cccc(F)c1. The first-order valence-corrected chi connectivity index (χ1v) is 10.5. The van der Waals surface area contributed by atoms with Gasteiger partial charge in [-0.05, 0) is 36.8 Å². The van der Waals surface area contributed by atoms with E-state index in [-0.39, 0.29) is 16.6 Å². The van der Waals surface area contributed by atoms with E-state index in [1.165, 1.54) is 55.2 Å². The Bertz CT molecular complexity index is 902. The van der Waals surface area contributed by atoms with Gasteiger partial charge in [0.25, 0.3) is 0 Å². The molecule has 0 spiro atoms. The van der Waals surface area contributed by atoms with Gasteiger partial charge in [0.1, 0.15) is 10.7 Å². The van der Waals surface area contributed by atoms with Crippen molar-refractivity contribution in [3.8, 4) is 0 Å². The normalized spacial score (nSPS) is 12.8. The van der Waals surface area contributed by atoms with Crippen LogP contribution in [-0.4, -0.2) is 54.9 Å². The van der Waals surface area contributed by atoms with Crippen molar-refractivity contribution in [3.05, 3.63) is 54.0 Å². The van der Waals surface area contributed by atoms with Gasteiger partial charge in [-0.15, -0.1) is 0 Å². The van der Waals surface area contributed by atoms with Crippen LogP contribution < -0.4 is 0 Å². The summed E-state index contributed by atoms with van der Waals surface area (Å²) < 4.78 is 38.5. The summed E-state index contributed by atoms with van der Waals surface area (Å²) >= 11 is 1.24. The van der Waals surface area contributed by atoms with Crippen LogP contribution in [0.4, 0.5) is 4.39 Å². The van der Waals surface area contributed by atoms with E-state index >= 15 is 0 Å². The Morgan fingerprint density at radius 3 is 2.48 bits per heavy atom. The lowest BCUT2D eigenvalue weighted by molar-refractivity contribution is -0.129. The van der Waals surface area contributed by atoms with Gasteiger partial charge in [0.05, 0.1) is 10.3 Å². The average molecular weight is 412 g/mol. The molecule has 2 aromatic rings. The summed E-state index contributed by atoms with van der Waals surface area (Å²) in [6.45, 7) is 2.05. The highest BCUT2D eigenvalue weighted by Gasteiger charge is 2.21. The van der Waals surface area contributed by atoms with Crippen LogP contribution >= 0.6 is 11.8 Å². The Morgan fingerprint density at radius 2 is 1.93 bits per heavy atom. The number of thioether (sulfide) groups is 1. The van der Waals surface area contributed by atoms with Gasteiger partial charge in [-0.2, -0.15) is 0 Å². The molecule has 27 heavy (non-hydrogen) atoms. The average Bonchev–Trinajstić information content (AvgIpc) is 2.61. The molecular weight excluding hydrogens is 389 g/mol. The maximum Gasteiger partial charge on any atom is 0.244 e. The van der Waals surface area contributed by atoms with E-state index in [2.05, 4.69) is 4.98 Å². The summed E-state index contributed by atoms with van der Waals surface area (Å²) in [5, 5.41) is 0.125. The van der Waals surface area contributed by atoms with Crippen molar-refractivity contribution in [2.24, 2.45) is 0 Å². The number of carbonyl (C=O) groups excluding carboxylic acids is 1. The van der Waals surface area contributed by atoms with Gasteiger partial charge in [-0.1, -0.05) is 23.9 Å². The molecule has 0 radical (unpaired) electrons. The van der Waals surface area contributed by atoms with Crippen molar-refractivity contribution in [1.82, 2.24) is 14.2 Å². The quantitative estimate of drug-likeness (QED) is 0.655. The topological polar surface area (TPSA) is 70.6 Å². The van der Waals surface area contributed by atoms with Gasteiger partial charge < -0.3 is 4.90 Å². The first-order chi connectivity index (χ1) is 12.6. The van der Waals surface area contributed by atoms with Crippen LogP contribution in [-0.2, 0) is 21.4 Å². The molecule has 0 bridgehead atoms. The number of sulfonamides is 1. The number of amides is 1. The standard InChI is InChI=1S/C18H22FN3O3S2/c1-13(18(23)22(4)12-14-6-5-7-15(19)10-14)26-17-9-8-16(11-20-17)27(24,25)21(2)3/h5-11,13H,12H2,1-4H3/t13-/m0/s1. The monoisotopic (exact) mass is 411 g/mol. The molecule has 0 saturated carbocycles. The van der Waals surface area contributed by atoms with Crippen molar-refractivity contribution >= 4 is 27.7 Å². The second-order valence-corrected chi connectivity index (χ2v) is 9.72. The van der Waals surface area contributed by atoms with Crippen LogP contribution in [0.1, 0.15) is 12.5 Å². The van der Waals surface area contributed by atoms with E-state index in [1.54, 1.807) is 32.2 Å². The number of halogens is 1. The van der Waals surface area contributed by atoms with Gasteiger partial charge in [0.15, 0.2) is 0 Å². The predicted octanol–water partition coefficient (Wildman–Crippen LogP) is 2.61. The minimum Gasteiger partial charge on any atom is -0.340 e. The van der Waals surface area contributed by atoms with Gasteiger partial charge in [-0.3, -0.25) is 4.79 Å². The fourth-order valence-electron chi connectivity index (χ4n) is 2.33. The second-order valence-electron chi connectivity index (χ2n) is 6.20. The molecular formula is C18H22FN3O3S2. The van der Waals surface area contributed by atoms with Crippen molar-refractivity contribution < 1.29 is 17.6 Å². The molecule has 1 aromatic carbocycles. The molecule has 1 aromatic heterocycles. The molecule has 146 valence electrons. The van der Waals surface area contributed by atoms with Crippen LogP contribution in [0.2, 0.25) is 0 Å². The highest BCUT2D eigenvalue weighted by molar-refractivity contribution is 8.00. The molecule has 1 heterocycles. The Labute approximate surface area is 163 Å². The maximum atomic E-state index is 13.3. The van der Waals surface area contributed by atoms with E-state index in [0.29, 0.717) is 17.1 Å². The van der Waals surface area contributed by atoms with Crippen LogP contribution in [0.5, 0.6) is 0 Å². The largest absolute Gasteiger partial charge is 0.340 e. The van der Waals surface area contributed by atoms with E-state index < -0.39 is 15.3 Å². The van der Waals surface area contributed by atoms with Crippen molar-refractivity contribution in [3.63, 3.8) is 0 Å². The fraction of sp³-hybridized carbons (Fsp3) is 0.333. The number of hydrogen-bond donors (Lipinski definition) is 0. The predicted molar refractivity (Wildman–Crippen MR) is 103 cm³/mol. The number of benzene rings is 1. The second kappa shape index (κ2) is 8.81. The van der Waals surface area contributed by atoms with Gasteiger partial charge in [0.2, 0.25) is 15.9 Å². The first kappa shape index (κ1) is 21.3. The molecule has 1 amide bonds. The third-order valence-electron chi connectivity index (χ3n) is 3.82. The minimum atomic E-state index is -3.53. The maximum absolute atomic E-state index is 13.3. The number of pyridine rings is 1. The summed E-state index contributed by atoms with van der Waals surface area (Å²) in [4.78, 5) is 18.3. The number of rotatable bonds is 7. The Kier molecular flexibility index (Phi) is 6.96. The summed E-state index contributed by atoms with van der Waals surface area (Å²) in [5.41, 5.74) is 0.708. The van der Waals surface area contributed by atoms with Gasteiger partial charge in [-0.25, -0.2) is 22.1 Å². The fourth-order valence-corrected chi connectivity index (χ4v) is 4.08. The Hall–Kier alpha value is -1.97. The lowest BCUT2D eigenvalue weighted by atomic mass is 10.2. The van der Waals surface area contributed by atoms with E-state index in [9.17, 15) is 17.6 Å². The number of carbonyl (C=O) groups is 1. The first-order valence-electron chi connectivity index (χ1n) is 8.16. The Morgan fingerprint density at radius 1 is 1.22 bits per heavy atom. The third kappa shape index (κ3) is 5.50. The molecule has 0 aliphatic carbocycles. The van der Waals surface area contributed by atoms with Crippen LogP contribution in [0, 0.1) is 5.82 Å². The van der Waals surface area contributed by atoms with Crippen molar-refractivity contribution in [2.45, 2.75) is 28.6 Å². The molecule has 0 saturated heterocycles. The lowest BCUT2D eigenvalue weighted by Gasteiger charge is -2.21. The third-order valence-corrected chi connectivity index (χ3v) is 6.65. The van der Waals surface area contributed by atoms with Crippen LogP contribution in [0.15, 0.2) is 52.5 Å². The summed E-state index contributed by atoms with van der Waals surface area (Å²) in [7, 11) is 1.03. The molecule has 2 rings (SSSR count). The van der Waals surface area contributed by atoms with Crippen molar-refractivity contribution in [2.75, 3.05) is 21.1 Å². The van der Waals surface area contributed by atoms with Crippen molar-refractivity contribution in [1.29, 1.82) is 0 Å². The molecule has 0 unspecified atom stereocenters. The molecule has 0 fully saturated rings. The molecule has 6 nitrogen and oxygen atoms in total. The highest BCUT2D eigenvalue weighted by Crippen LogP contribution is 2.24. The summed E-state index contributed by atoms with van der Waals surface area (Å²) in [5.74, 6) is -0.469. The van der Waals surface area contributed by atoms with Gasteiger partial charge >= 0.3 is 0 Å². The van der Waals surface area contributed by atoms with E-state index in [4.69, 9.17) is 0 Å². The molecule has 0 N–H and O–H groups in total. The smallest absolute Gasteiger partial charge is 0.244 e. The minimum absolute atomic E-state index is 0.0963. The number of hydrogen-bond acceptors (Lipinski definition) is 5. The Balaban J connectivity index is 2.01.